The Balaban J connectivity index is 1.82. The van der Waals surface area contributed by atoms with E-state index in [9.17, 15) is 0 Å². The Bertz CT molecular complexity index is 811. The van der Waals surface area contributed by atoms with Crippen LogP contribution >= 0.6 is 16.6 Å². The van der Waals surface area contributed by atoms with E-state index in [1.165, 1.54) is 16.0 Å². The molecule has 0 nitrogen and oxygen atoms in total. The standard InChI is InChI=1S/C24H27PS2/c1-20(22-12-6-3-7-13-22)18-25(26,27-24-16-10-5-11-17-24)19-21(2)23-14-8-4-9-15-23/h3-17,20-21H,18-19H2,1-2H3. The van der Waals surface area contributed by atoms with Crippen LogP contribution < -0.4 is 0 Å². The van der Waals surface area contributed by atoms with Crippen LogP contribution in [-0.4, -0.2) is 12.3 Å². The lowest BCUT2D eigenvalue weighted by Gasteiger charge is -2.28. The van der Waals surface area contributed by atoms with Crippen molar-refractivity contribution in [1.29, 1.82) is 0 Å². The van der Waals surface area contributed by atoms with Crippen LogP contribution in [0.5, 0.6) is 0 Å². The van der Waals surface area contributed by atoms with Crippen LogP contribution in [0.25, 0.3) is 0 Å². The summed E-state index contributed by atoms with van der Waals surface area (Å²) in [5.74, 6) is 0.965. The molecule has 140 valence electrons. The SMILES string of the molecule is CC(CP(=S)(CC(C)c1ccccc1)Sc1ccccc1)c1ccccc1. The molecular formula is C24H27PS2. The first kappa shape index (κ1) is 20.4. The molecule has 0 aliphatic rings. The van der Waals surface area contributed by atoms with E-state index in [0.717, 1.165) is 12.3 Å². The lowest BCUT2D eigenvalue weighted by Crippen LogP contribution is -2.06. The molecule has 0 amide bonds. The topological polar surface area (TPSA) is 0 Å². The zero-order valence-electron chi connectivity index (χ0n) is 16.0. The second-order valence-corrected chi connectivity index (χ2v) is 15.7. The normalized spacial score (nSPS) is 15.6. The summed E-state index contributed by atoms with van der Waals surface area (Å²) in [6.07, 6.45) is 2.17. The van der Waals surface area contributed by atoms with E-state index in [1.54, 1.807) is 0 Å². The molecule has 2 atom stereocenters. The van der Waals surface area contributed by atoms with Crippen molar-refractivity contribution < 1.29 is 0 Å². The predicted molar refractivity (Wildman–Crippen MR) is 126 cm³/mol. The Labute approximate surface area is 173 Å². The first-order valence-electron chi connectivity index (χ1n) is 9.48. The molecule has 0 aliphatic carbocycles. The molecule has 0 spiro atoms. The molecule has 3 aromatic carbocycles. The summed E-state index contributed by atoms with van der Waals surface area (Å²) in [7, 11) is 0. The van der Waals surface area contributed by atoms with Gasteiger partial charge in [0.25, 0.3) is 0 Å². The van der Waals surface area contributed by atoms with E-state index in [1.807, 2.05) is 11.4 Å². The van der Waals surface area contributed by atoms with E-state index in [4.69, 9.17) is 11.8 Å². The van der Waals surface area contributed by atoms with Crippen molar-refractivity contribution in [2.24, 2.45) is 0 Å². The molecule has 0 heterocycles. The highest BCUT2D eigenvalue weighted by Crippen LogP contribution is 2.65. The first-order valence-corrected chi connectivity index (χ1v) is 14.1. The van der Waals surface area contributed by atoms with E-state index in [-0.39, 0.29) is 0 Å². The number of hydrogen-bond acceptors (Lipinski definition) is 2. The fourth-order valence-electron chi connectivity index (χ4n) is 3.43. The lowest BCUT2D eigenvalue weighted by molar-refractivity contribution is 0.849. The Kier molecular flexibility index (Phi) is 7.35. The Morgan fingerprint density at radius 3 is 1.44 bits per heavy atom. The molecule has 2 unspecified atom stereocenters. The van der Waals surface area contributed by atoms with Gasteiger partial charge in [0.2, 0.25) is 0 Å². The van der Waals surface area contributed by atoms with Crippen molar-refractivity contribution in [3.63, 3.8) is 0 Å². The van der Waals surface area contributed by atoms with Crippen molar-refractivity contribution in [2.45, 2.75) is 30.6 Å². The molecule has 0 fully saturated rings. The molecule has 0 aliphatic heterocycles. The second-order valence-electron chi connectivity index (χ2n) is 7.21. The average molecular weight is 411 g/mol. The van der Waals surface area contributed by atoms with Crippen LogP contribution in [0.3, 0.4) is 0 Å². The molecule has 0 saturated heterocycles. The molecule has 3 rings (SSSR count). The minimum atomic E-state index is -1.63. The molecule has 0 saturated carbocycles. The Morgan fingerprint density at radius 2 is 1.04 bits per heavy atom. The summed E-state index contributed by atoms with van der Waals surface area (Å²) in [5.41, 5.74) is 2.79. The van der Waals surface area contributed by atoms with E-state index in [2.05, 4.69) is 105 Å². The molecule has 0 bridgehead atoms. The van der Waals surface area contributed by atoms with Gasteiger partial charge in [0.05, 0.1) is 0 Å². The smallest absolute Gasteiger partial charge is 0.0128 e. The first-order chi connectivity index (χ1) is 13.1. The lowest BCUT2D eigenvalue weighted by atomic mass is 10.0. The van der Waals surface area contributed by atoms with Gasteiger partial charge in [-0.3, -0.25) is 0 Å². The molecule has 27 heavy (non-hydrogen) atoms. The monoisotopic (exact) mass is 410 g/mol. The van der Waals surface area contributed by atoms with E-state index < -0.39 is 5.24 Å². The highest BCUT2D eigenvalue weighted by atomic mass is 32.9. The van der Waals surface area contributed by atoms with Crippen molar-refractivity contribution >= 4 is 28.4 Å². The van der Waals surface area contributed by atoms with Gasteiger partial charge < -0.3 is 0 Å². The largest absolute Gasteiger partial charge is 0.0882 e. The summed E-state index contributed by atoms with van der Waals surface area (Å²) in [6.45, 7) is 4.66. The van der Waals surface area contributed by atoms with Crippen LogP contribution in [0.2, 0.25) is 0 Å². The Hall–Kier alpha value is -1.34. The maximum Gasteiger partial charge on any atom is 0.0128 e. The molecule has 0 radical (unpaired) electrons. The van der Waals surface area contributed by atoms with Gasteiger partial charge in [-0.25, -0.2) is 0 Å². The molecular weight excluding hydrogens is 383 g/mol. The Morgan fingerprint density at radius 1 is 0.667 bits per heavy atom. The maximum atomic E-state index is 6.41. The van der Waals surface area contributed by atoms with Gasteiger partial charge in [0, 0.05) is 10.1 Å². The third-order valence-electron chi connectivity index (χ3n) is 4.86. The van der Waals surface area contributed by atoms with Gasteiger partial charge in [0.1, 0.15) is 0 Å². The average Bonchev–Trinajstić information content (AvgIpc) is 2.69. The second kappa shape index (κ2) is 9.73. The summed E-state index contributed by atoms with van der Waals surface area (Å²) in [4.78, 5) is 1.31. The molecule has 3 heteroatoms. The van der Waals surface area contributed by atoms with Crippen LogP contribution in [0.4, 0.5) is 0 Å². The summed E-state index contributed by atoms with van der Waals surface area (Å²) < 4.78 is 0. The highest BCUT2D eigenvalue weighted by Gasteiger charge is 2.25. The fourth-order valence-corrected chi connectivity index (χ4v) is 11.9. The van der Waals surface area contributed by atoms with Crippen molar-refractivity contribution in [1.82, 2.24) is 0 Å². The van der Waals surface area contributed by atoms with Crippen LogP contribution in [0.1, 0.15) is 36.8 Å². The van der Waals surface area contributed by atoms with Gasteiger partial charge in [-0.15, -0.1) is 0 Å². The summed E-state index contributed by atoms with van der Waals surface area (Å²) >= 11 is 8.37. The van der Waals surface area contributed by atoms with Gasteiger partial charge in [-0.2, -0.15) is 0 Å². The quantitative estimate of drug-likeness (QED) is 0.348. The van der Waals surface area contributed by atoms with Crippen LogP contribution in [0.15, 0.2) is 95.9 Å². The minimum absolute atomic E-state index is 0.483. The maximum absolute atomic E-state index is 6.41. The van der Waals surface area contributed by atoms with Gasteiger partial charge in [0.15, 0.2) is 0 Å². The van der Waals surface area contributed by atoms with Gasteiger partial charge in [-0.05, 0) is 47.4 Å². The molecule has 0 N–H and O–H groups in total. The summed E-state index contributed by atoms with van der Waals surface area (Å²) in [6, 6.07) is 32.3. The van der Waals surface area contributed by atoms with Gasteiger partial charge in [-0.1, -0.05) is 116 Å². The molecule has 3 aromatic rings. The zero-order valence-corrected chi connectivity index (χ0v) is 18.5. The fraction of sp³-hybridized carbons (Fsp3) is 0.250. The van der Waals surface area contributed by atoms with Crippen LogP contribution in [0, 0.1) is 0 Å². The van der Waals surface area contributed by atoms with Crippen molar-refractivity contribution in [3.8, 4) is 0 Å². The highest BCUT2D eigenvalue weighted by molar-refractivity contribution is 8.71. The summed E-state index contributed by atoms with van der Waals surface area (Å²) in [5, 5.41) is -1.63. The number of rotatable bonds is 8. The third kappa shape index (κ3) is 6.07. The zero-order chi connectivity index (χ0) is 19.1. The number of benzene rings is 3. The van der Waals surface area contributed by atoms with Crippen LogP contribution in [-0.2, 0) is 11.8 Å². The van der Waals surface area contributed by atoms with Crippen molar-refractivity contribution in [3.05, 3.63) is 102 Å². The number of hydrogen-bond donors (Lipinski definition) is 0. The van der Waals surface area contributed by atoms with Gasteiger partial charge >= 0.3 is 0 Å². The van der Waals surface area contributed by atoms with E-state index in [0.29, 0.717) is 11.8 Å². The van der Waals surface area contributed by atoms with Crippen molar-refractivity contribution in [2.75, 3.05) is 12.3 Å². The third-order valence-corrected chi connectivity index (χ3v) is 12.0. The minimum Gasteiger partial charge on any atom is -0.0882 e. The van der Waals surface area contributed by atoms with E-state index >= 15 is 0 Å². The predicted octanol–water partition coefficient (Wildman–Crippen LogP) is 7.78. The molecule has 0 aromatic heterocycles.